The summed E-state index contributed by atoms with van der Waals surface area (Å²) in [5, 5.41) is 6.80. The van der Waals surface area contributed by atoms with Gasteiger partial charge in [0.15, 0.2) is 11.5 Å². The number of hydrogen-bond donors (Lipinski definition) is 1. The molecule has 8 heteroatoms. The van der Waals surface area contributed by atoms with Crippen LogP contribution in [0.3, 0.4) is 0 Å². The quantitative estimate of drug-likeness (QED) is 0.606. The zero-order valence-electron chi connectivity index (χ0n) is 14.9. The fourth-order valence-electron chi connectivity index (χ4n) is 2.46. The number of aryl methyl sites for hydroxylation is 1. The summed E-state index contributed by atoms with van der Waals surface area (Å²) >= 11 is 3.37. The summed E-state index contributed by atoms with van der Waals surface area (Å²) in [6, 6.07) is 12.8. The smallest absolute Gasteiger partial charge is 0.227 e. The topological polar surface area (TPSA) is 86.5 Å². The molecule has 0 radical (unpaired) electrons. The van der Waals surface area contributed by atoms with E-state index in [-0.39, 0.29) is 12.3 Å². The van der Waals surface area contributed by atoms with Gasteiger partial charge in [-0.1, -0.05) is 27.2 Å². The Morgan fingerprint density at radius 1 is 1.15 bits per heavy atom. The number of aromatic nitrogens is 2. The Balaban J connectivity index is 1.62. The van der Waals surface area contributed by atoms with Crippen molar-refractivity contribution in [1.82, 2.24) is 10.1 Å². The van der Waals surface area contributed by atoms with Gasteiger partial charge in [0.05, 0.1) is 14.2 Å². The molecule has 1 amide bonds. The highest BCUT2D eigenvalue weighted by molar-refractivity contribution is 9.10. The highest BCUT2D eigenvalue weighted by Crippen LogP contribution is 2.31. The van der Waals surface area contributed by atoms with Crippen LogP contribution in [0.4, 0.5) is 5.69 Å². The molecule has 0 aliphatic heterocycles. The molecule has 1 heterocycles. The first-order valence-electron chi connectivity index (χ1n) is 8.19. The molecule has 0 aliphatic carbocycles. The number of amides is 1. The maximum Gasteiger partial charge on any atom is 0.227 e. The molecule has 0 aliphatic rings. The third kappa shape index (κ3) is 4.85. The molecule has 3 aromatic rings. The lowest BCUT2D eigenvalue weighted by Crippen LogP contribution is -2.12. The van der Waals surface area contributed by atoms with Crippen LogP contribution in [0.5, 0.6) is 11.5 Å². The summed E-state index contributed by atoms with van der Waals surface area (Å²) in [5.41, 5.74) is 1.46. The highest BCUT2D eigenvalue weighted by atomic mass is 79.9. The van der Waals surface area contributed by atoms with Crippen molar-refractivity contribution in [2.45, 2.75) is 12.8 Å². The maximum atomic E-state index is 12.1. The van der Waals surface area contributed by atoms with E-state index in [1.54, 1.807) is 26.4 Å². The lowest BCUT2D eigenvalue weighted by atomic mass is 10.2. The van der Waals surface area contributed by atoms with Gasteiger partial charge in [0.25, 0.3) is 0 Å². The van der Waals surface area contributed by atoms with Gasteiger partial charge in [-0.15, -0.1) is 0 Å². The number of benzene rings is 2. The number of halogens is 1. The molecule has 0 saturated carbocycles. The molecular weight excluding hydrogens is 414 g/mol. The third-order valence-electron chi connectivity index (χ3n) is 3.78. The van der Waals surface area contributed by atoms with Crippen molar-refractivity contribution in [3.8, 4) is 22.9 Å². The first-order valence-corrected chi connectivity index (χ1v) is 8.98. The average Bonchev–Trinajstić information content (AvgIpc) is 3.15. The summed E-state index contributed by atoms with van der Waals surface area (Å²) in [7, 11) is 3.14. The van der Waals surface area contributed by atoms with Crippen molar-refractivity contribution in [2.24, 2.45) is 0 Å². The van der Waals surface area contributed by atoms with Gasteiger partial charge in [0.2, 0.25) is 17.6 Å². The zero-order chi connectivity index (χ0) is 19.2. The molecule has 0 spiro atoms. The SMILES string of the molecule is COc1ccc(-c2noc(CCC(=O)Nc3cccc(Br)c3)n2)cc1OC. The van der Waals surface area contributed by atoms with E-state index < -0.39 is 0 Å². The van der Waals surface area contributed by atoms with Crippen LogP contribution in [0.1, 0.15) is 12.3 Å². The summed E-state index contributed by atoms with van der Waals surface area (Å²) < 4.78 is 16.6. The van der Waals surface area contributed by atoms with Gasteiger partial charge in [0.1, 0.15) is 0 Å². The van der Waals surface area contributed by atoms with Gasteiger partial charge in [-0.2, -0.15) is 4.98 Å². The highest BCUT2D eigenvalue weighted by Gasteiger charge is 2.13. The minimum Gasteiger partial charge on any atom is -0.493 e. The van der Waals surface area contributed by atoms with E-state index >= 15 is 0 Å². The van der Waals surface area contributed by atoms with Crippen molar-refractivity contribution in [3.05, 3.63) is 52.8 Å². The Labute approximate surface area is 164 Å². The molecule has 27 heavy (non-hydrogen) atoms. The predicted molar refractivity (Wildman–Crippen MR) is 104 cm³/mol. The Morgan fingerprint density at radius 2 is 1.96 bits per heavy atom. The van der Waals surface area contributed by atoms with Crippen LogP contribution in [0.2, 0.25) is 0 Å². The summed E-state index contributed by atoms with van der Waals surface area (Å²) in [4.78, 5) is 16.4. The number of rotatable bonds is 7. The molecule has 3 rings (SSSR count). The largest absolute Gasteiger partial charge is 0.493 e. The Kier molecular flexibility index (Phi) is 6.08. The van der Waals surface area contributed by atoms with Crippen LogP contribution in [0, 0.1) is 0 Å². The van der Waals surface area contributed by atoms with E-state index in [2.05, 4.69) is 31.4 Å². The van der Waals surface area contributed by atoms with Crippen molar-refractivity contribution in [1.29, 1.82) is 0 Å². The molecular formula is C19H18BrN3O4. The number of anilines is 1. The number of nitrogens with one attached hydrogen (secondary N) is 1. The predicted octanol–water partition coefficient (Wildman–Crippen LogP) is 4.09. The summed E-state index contributed by atoms with van der Waals surface area (Å²) in [6.07, 6.45) is 0.584. The normalized spacial score (nSPS) is 10.5. The molecule has 140 valence electrons. The fraction of sp³-hybridized carbons (Fsp3) is 0.211. The first-order chi connectivity index (χ1) is 13.1. The molecule has 0 fully saturated rings. The van der Waals surface area contributed by atoms with Crippen molar-refractivity contribution in [3.63, 3.8) is 0 Å². The van der Waals surface area contributed by atoms with Crippen molar-refractivity contribution in [2.75, 3.05) is 19.5 Å². The number of nitrogens with zero attached hydrogens (tertiary/aromatic N) is 2. The molecule has 7 nitrogen and oxygen atoms in total. The Morgan fingerprint density at radius 3 is 2.70 bits per heavy atom. The molecule has 1 N–H and O–H groups in total. The van der Waals surface area contributed by atoms with E-state index in [0.717, 1.165) is 15.7 Å². The minimum absolute atomic E-state index is 0.126. The van der Waals surface area contributed by atoms with E-state index in [0.29, 0.717) is 29.6 Å². The Hall–Kier alpha value is -2.87. The van der Waals surface area contributed by atoms with E-state index in [1.807, 2.05) is 30.3 Å². The number of ether oxygens (including phenoxy) is 2. The monoisotopic (exact) mass is 431 g/mol. The second kappa shape index (κ2) is 8.68. The van der Waals surface area contributed by atoms with Gasteiger partial charge >= 0.3 is 0 Å². The van der Waals surface area contributed by atoms with Gasteiger partial charge < -0.3 is 19.3 Å². The van der Waals surface area contributed by atoms with E-state index in [1.165, 1.54) is 0 Å². The third-order valence-corrected chi connectivity index (χ3v) is 4.28. The van der Waals surface area contributed by atoms with Crippen LogP contribution in [0.25, 0.3) is 11.4 Å². The van der Waals surface area contributed by atoms with Crippen LogP contribution in [-0.4, -0.2) is 30.3 Å². The second-order valence-corrected chi connectivity index (χ2v) is 6.56. The van der Waals surface area contributed by atoms with Crippen LogP contribution < -0.4 is 14.8 Å². The van der Waals surface area contributed by atoms with Crippen molar-refractivity contribution >= 4 is 27.5 Å². The molecule has 1 aromatic heterocycles. The summed E-state index contributed by atoms with van der Waals surface area (Å²) in [5.74, 6) is 1.89. The van der Waals surface area contributed by atoms with E-state index in [4.69, 9.17) is 14.0 Å². The molecule has 0 unspecified atom stereocenters. The lowest BCUT2D eigenvalue weighted by molar-refractivity contribution is -0.116. The standard InChI is InChI=1S/C19H18BrN3O4/c1-25-15-7-6-12(10-16(15)26-2)19-22-18(27-23-19)9-8-17(24)21-14-5-3-4-13(20)11-14/h3-7,10-11H,8-9H2,1-2H3,(H,21,24). The Bertz CT molecular complexity index is 942. The van der Waals surface area contributed by atoms with Crippen LogP contribution in [0.15, 0.2) is 51.5 Å². The number of carbonyl (C=O) groups is 1. The molecule has 0 bridgehead atoms. The maximum absolute atomic E-state index is 12.1. The van der Waals surface area contributed by atoms with Crippen LogP contribution >= 0.6 is 15.9 Å². The second-order valence-electron chi connectivity index (χ2n) is 5.64. The first kappa shape index (κ1) is 18.9. The minimum atomic E-state index is -0.126. The van der Waals surface area contributed by atoms with E-state index in [9.17, 15) is 4.79 Å². The van der Waals surface area contributed by atoms with Crippen molar-refractivity contribution < 1.29 is 18.8 Å². The molecule has 0 saturated heterocycles. The molecule has 0 atom stereocenters. The van der Waals surface area contributed by atoms with Gasteiger partial charge in [-0.05, 0) is 36.4 Å². The van der Waals surface area contributed by atoms with Gasteiger partial charge in [-0.3, -0.25) is 4.79 Å². The lowest BCUT2D eigenvalue weighted by Gasteiger charge is -2.07. The number of hydrogen-bond acceptors (Lipinski definition) is 6. The van der Waals surface area contributed by atoms with Gasteiger partial charge in [-0.25, -0.2) is 0 Å². The number of methoxy groups -OCH3 is 2. The average molecular weight is 432 g/mol. The van der Waals surface area contributed by atoms with Crippen LogP contribution in [-0.2, 0) is 11.2 Å². The molecule has 2 aromatic carbocycles. The fourth-order valence-corrected chi connectivity index (χ4v) is 2.86. The number of carbonyl (C=O) groups excluding carboxylic acids is 1. The van der Waals surface area contributed by atoms with Gasteiger partial charge in [0, 0.05) is 28.6 Å². The summed E-state index contributed by atoms with van der Waals surface area (Å²) in [6.45, 7) is 0. The zero-order valence-corrected chi connectivity index (χ0v) is 16.4.